The summed E-state index contributed by atoms with van der Waals surface area (Å²) in [5.74, 6) is -6.40. The van der Waals surface area contributed by atoms with Gasteiger partial charge in [0, 0.05) is 11.5 Å². The number of Topliss-reactive ketones (excluding diaryl/α,β-unsaturated/α-hetero) is 2. The normalized spacial score (nSPS) is 30.1. The third-order valence-corrected chi connectivity index (χ3v) is 8.00. The Labute approximate surface area is 201 Å². The van der Waals surface area contributed by atoms with Crippen LogP contribution in [0.4, 0.5) is 0 Å². The molecule has 184 valence electrons. The molecule has 4 unspecified atom stereocenters. The lowest BCUT2D eigenvalue weighted by Crippen LogP contribution is -2.63. The van der Waals surface area contributed by atoms with E-state index in [0.29, 0.717) is 12.0 Å². The van der Waals surface area contributed by atoms with Gasteiger partial charge in [0.2, 0.25) is 5.78 Å². The number of aliphatic hydroxyl groups excluding tert-OH is 2. The van der Waals surface area contributed by atoms with Crippen LogP contribution in [0.1, 0.15) is 47.2 Å². The molecule has 0 bridgehead atoms. The minimum atomic E-state index is -2.62. The van der Waals surface area contributed by atoms with Crippen LogP contribution in [-0.4, -0.2) is 68.5 Å². The fourth-order valence-corrected chi connectivity index (χ4v) is 6.16. The van der Waals surface area contributed by atoms with Gasteiger partial charge < -0.3 is 26.2 Å². The van der Waals surface area contributed by atoms with Crippen LogP contribution >= 0.6 is 0 Å². The topological polar surface area (TPSA) is 161 Å². The van der Waals surface area contributed by atoms with Gasteiger partial charge in [-0.05, 0) is 69.3 Å². The molecule has 1 fully saturated rings. The number of allylic oxidation sites excluding steroid dienone is 2. The number of fused-ring (bicyclic) bond motifs is 3. The Bertz CT molecular complexity index is 1280. The van der Waals surface area contributed by atoms with Gasteiger partial charge in [-0.1, -0.05) is 17.7 Å². The number of nitrogens with two attached hydrogens (primary N) is 1. The smallest absolute Gasteiger partial charge is 0.255 e. The molecule has 0 spiro atoms. The van der Waals surface area contributed by atoms with E-state index < -0.39 is 58.0 Å². The van der Waals surface area contributed by atoms with Gasteiger partial charge >= 0.3 is 0 Å². The van der Waals surface area contributed by atoms with Gasteiger partial charge in [0.15, 0.2) is 11.4 Å². The van der Waals surface area contributed by atoms with Crippen molar-refractivity contribution in [2.75, 3.05) is 14.1 Å². The number of nitrogens with zero attached hydrogens (tertiary/aromatic N) is 1. The second kappa shape index (κ2) is 7.79. The number of hydrogen-bond acceptors (Lipinski definition) is 8. The van der Waals surface area contributed by atoms with Gasteiger partial charge in [0.25, 0.3) is 5.91 Å². The Morgan fingerprint density at radius 3 is 2.43 bits per heavy atom. The van der Waals surface area contributed by atoms with Crippen molar-refractivity contribution in [3.63, 3.8) is 0 Å². The number of carbonyl (C=O) groups is 3. The molecule has 0 aliphatic heterocycles. The van der Waals surface area contributed by atoms with E-state index >= 15 is 0 Å². The van der Waals surface area contributed by atoms with Crippen LogP contribution in [0.15, 0.2) is 40.4 Å². The molecule has 4 aliphatic rings. The second-order valence-corrected chi connectivity index (χ2v) is 10.1. The number of likely N-dealkylation sites (N-methyl/N-ethyl adjacent to an activating group) is 1. The lowest BCUT2D eigenvalue weighted by atomic mass is 9.58. The van der Waals surface area contributed by atoms with Gasteiger partial charge in [-0.2, -0.15) is 0 Å². The Balaban J connectivity index is 1.70. The van der Waals surface area contributed by atoms with Crippen LogP contribution in [-0.2, 0) is 16.0 Å². The zero-order valence-corrected chi connectivity index (χ0v) is 19.5. The molecular formula is C26H28N2O7. The maximum Gasteiger partial charge on any atom is 0.255 e. The molecule has 1 amide bonds. The molecule has 1 saturated carbocycles. The number of aromatic hydroxyl groups is 1. The van der Waals surface area contributed by atoms with E-state index in [1.807, 2.05) is 6.08 Å². The first kappa shape index (κ1) is 23.3. The van der Waals surface area contributed by atoms with E-state index in [1.54, 1.807) is 20.2 Å². The van der Waals surface area contributed by atoms with Crippen molar-refractivity contribution < 1.29 is 34.8 Å². The second-order valence-electron chi connectivity index (χ2n) is 10.1. The average Bonchev–Trinajstić information content (AvgIpc) is 2.74. The number of phenols is 1. The van der Waals surface area contributed by atoms with Crippen molar-refractivity contribution in [1.29, 1.82) is 0 Å². The van der Waals surface area contributed by atoms with Crippen LogP contribution < -0.4 is 5.73 Å². The zero-order chi connectivity index (χ0) is 25.4. The molecule has 0 radical (unpaired) electrons. The number of aliphatic hydroxyl groups is 3. The van der Waals surface area contributed by atoms with Crippen molar-refractivity contribution in [1.82, 2.24) is 4.90 Å². The molecule has 0 saturated heterocycles. The highest BCUT2D eigenvalue weighted by Crippen LogP contribution is 2.52. The van der Waals surface area contributed by atoms with E-state index in [9.17, 15) is 34.8 Å². The summed E-state index contributed by atoms with van der Waals surface area (Å²) >= 11 is 0. The molecule has 1 aromatic rings. The summed E-state index contributed by atoms with van der Waals surface area (Å²) in [6, 6.07) is 2.20. The highest BCUT2D eigenvalue weighted by molar-refractivity contribution is 6.24. The Morgan fingerprint density at radius 1 is 1.17 bits per heavy atom. The molecule has 0 heterocycles. The molecule has 35 heavy (non-hydrogen) atoms. The van der Waals surface area contributed by atoms with Crippen molar-refractivity contribution in [2.24, 2.45) is 17.6 Å². The van der Waals surface area contributed by atoms with E-state index in [0.717, 1.165) is 24.8 Å². The van der Waals surface area contributed by atoms with Crippen LogP contribution in [0, 0.1) is 11.8 Å². The number of primary amides is 1. The monoisotopic (exact) mass is 480 g/mol. The standard InChI is InChI=1S/C26H28N2O7/c1-28(2)20-15-10-13-9-14-12(8-11-4-3-5-11)6-7-16(29)18(14)21(30)17(13)23(32)26(15,35)24(33)19(22(20)31)25(27)34/h6-8,13,15,20,29,31-32,35H,3-5,9-10H2,1-2H3,(H2,27,34). The largest absolute Gasteiger partial charge is 0.510 e. The zero-order valence-electron chi connectivity index (χ0n) is 19.5. The quantitative estimate of drug-likeness (QED) is 0.408. The summed E-state index contributed by atoms with van der Waals surface area (Å²) in [6.07, 6.45) is 5.48. The van der Waals surface area contributed by atoms with Crippen LogP contribution in [0.2, 0.25) is 0 Å². The molecule has 9 nitrogen and oxygen atoms in total. The van der Waals surface area contributed by atoms with E-state index in [4.69, 9.17) is 5.73 Å². The van der Waals surface area contributed by atoms with Gasteiger partial charge in [-0.15, -0.1) is 0 Å². The minimum absolute atomic E-state index is 0.0412. The fourth-order valence-electron chi connectivity index (χ4n) is 6.16. The van der Waals surface area contributed by atoms with Crippen LogP contribution in [0.3, 0.4) is 0 Å². The predicted molar refractivity (Wildman–Crippen MR) is 126 cm³/mol. The molecule has 4 aliphatic carbocycles. The van der Waals surface area contributed by atoms with Gasteiger partial charge in [-0.3, -0.25) is 19.3 Å². The molecule has 0 aromatic heterocycles. The number of phenolic OH excluding ortho intramolecular Hbond substituents is 1. The highest BCUT2D eigenvalue weighted by Gasteiger charge is 2.63. The predicted octanol–water partition coefficient (Wildman–Crippen LogP) is 1.69. The summed E-state index contributed by atoms with van der Waals surface area (Å²) < 4.78 is 0. The van der Waals surface area contributed by atoms with Gasteiger partial charge in [0.1, 0.15) is 22.8 Å². The maximum absolute atomic E-state index is 13.6. The van der Waals surface area contributed by atoms with E-state index in [1.165, 1.54) is 16.5 Å². The summed E-state index contributed by atoms with van der Waals surface area (Å²) in [7, 11) is 3.21. The molecule has 1 aromatic carbocycles. The average molecular weight is 481 g/mol. The Kier molecular flexibility index (Phi) is 5.19. The first-order valence-corrected chi connectivity index (χ1v) is 11.7. The molecule has 5 rings (SSSR count). The minimum Gasteiger partial charge on any atom is -0.510 e. The van der Waals surface area contributed by atoms with Crippen molar-refractivity contribution in [2.45, 2.75) is 43.7 Å². The summed E-state index contributed by atoms with van der Waals surface area (Å²) in [6.45, 7) is 0. The number of rotatable bonds is 3. The number of hydrogen-bond donors (Lipinski definition) is 5. The summed E-state index contributed by atoms with van der Waals surface area (Å²) in [5, 5.41) is 44.3. The third kappa shape index (κ3) is 3.11. The first-order valence-electron chi connectivity index (χ1n) is 11.7. The van der Waals surface area contributed by atoms with Crippen LogP contribution in [0.25, 0.3) is 6.08 Å². The van der Waals surface area contributed by atoms with Crippen molar-refractivity contribution in [3.8, 4) is 5.75 Å². The number of benzene rings is 1. The molecule has 9 heteroatoms. The number of ketones is 2. The van der Waals surface area contributed by atoms with Gasteiger partial charge in [-0.25, -0.2) is 0 Å². The van der Waals surface area contributed by atoms with E-state index in [2.05, 4.69) is 0 Å². The summed E-state index contributed by atoms with van der Waals surface area (Å²) in [5.41, 5.74) is 4.54. The Morgan fingerprint density at radius 2 is 1.86 bits per heavy atom. The van der Waals surface area contributed by atoms with Gasteiger partial charge in [0.05, 0.1) is 11.6 Å². The van der Waals surface area contributed by atoms with Crippen molar-refractivity contribution >= 4 is 23.5 Å². The lowest BCUT2D eigenvalue weighted by molar-refractivity contribution is -0.148. The van der Waals surface area contributed by atoms with E-state index in [-0.39, 0.29) is 23.3 Å². The third-order valence-electron chi connectivity index (χ3n) is 8.00. The lowest BCUT2D eigenvalue weighted by Gasteiger charge is -2.50. The number of carbonyl (C=O) groups excluding carboxylic acids is 3. The Hall–Kier alpha value is -3.43. The number of amides is 1. The van der Waals surface area contributed by atoms with Crippen LogP contribution in [0.5, 0.6) is 5.75 Å². The molecule has 6 N–H and O–H groups in total. The molecule has 4 atom stereocenters. The molecular weight excluding hydrogens is 452 g/mol. The summed E-state index contributed by atoms with van der Waals surface area (Å²) in [4.78, 5) is 40.5. The van der Waals surface area contributed by atoms with Crippen molar-refractivity contribution in [3.05, 3.63) is 57.1 Å². The highest BCUT2D eigenvalue weighted by atomic mass is 16.3. The fraction of sp³-hybridized carbons (Fsp3) is 0.423. The first-order chi connectivity index (χ1) is 16.5. The SMILES string of the molecule is CN(C)C1C(O)=C(C(N)=O)C(=O)C2(O)C(O)=C3C(=O)c4c(O)ccc(C=C5CCC5)c4CC3CC12. The maximum atomic E-state index is 13.6.